The first-order chi connectivity index (χ1) is 9.06. The molecule has 0 aromatic rings. The molecule has 0 aromatic heterocycles. The molecule has 0 bridgehead atoms. The van der Waals surface area contributed by atoms with Gasteiger partial charge in [0.15, 0.2) is 0 Å². The average molecular weight is 266 g/mol. The molecule has 3 heteroatoms. The highest BCUT2D eigenvalue weighted by molar-refractivity contribution is 5.81. The summed E-state index contributed by atoms with van der Waals surface area (Å²) in [5, 5.41) is 3.59. The molecule has 0 aromatic carbocycles. The van der Waals surface area contributed by atoms with Crippen LogP contribution in [-0.4, -0.2) is 36.0 Å². The summed E-state index contributed by atoms with van der Waals surface area (Å²) in [6, 6.07) is 0.517. The number of piperidine rings is 1. The van der Waals surface area contributed by atoms with E-state index in [1.54, 1.807) is 0 Å². The van der Waals surface area contributed by atoms with Gasteiger partial charge in [-0.25, -0.2) is 0 Å². The maximum Gasteiger partial charge on any atom is 0.239 e. The van der Waals surface area contributed by atoms with Crippen LogP contribution in [0.4, 0.5) is 0 Å². The number of likely N-dealkylation sites (tertiary alicyclic amines) is 1. The Morgan fingerprint density at radius 2 is 1.63 bits per heavy atom. The van der Waals surface area contributed by atoms with Crippen LogP contribution in [0.5, 0.6) is 0 Å². The van der Waals surface area contributed by atoms with Gasteiger partial charge in [-0.15, -0.1) is 0 Å². The average Bonchev–Trinajstić information content (AvgIpc) is 2.37. The fourth-order valence-corrected chi connectivity index (χ4v) is 3.90. The number of carbonyl (C=O) groups is 1. The molecule has 3 nitrogen and oxygen atoms in total. The van der Waals surface area contributed by atoms with Crippen LogP contribution in [0.3, 0.4) is 0 Å². The van der Waals surface area contributed by atoms with Crippen molar-refractivity contribution in [2.45, 2.75) is 71.4 Å². The largest absolute Gasteiger partial charge is 0.341 e. The zero-order valence-corrected chi connectivity index (χ0v) is 12.8. The van der Waals surface area contributed by atoms with E-state index in [-0.39, 0.29) is 6.04 Å². The standard InChI is InChI=1S/C16H30N2O/c1-12-9-13(2)11-15(10-12)17-14(3)16(19)18-7-5-4-6-8-18/h12-15,17H,4-11H2,1-3H3. The van der Waals surface area contributed by atoms with Crippen molar-refractivity contribution in [1.82, 2.24) is 10.2 Å². The molecule has 1 saturated heterocycles. The molecule has 1 aliphatic carbocycles. The van der Waals surface area contributed by atoms with E-state index in [1.807, 2.05) is 6.92 Å². The predicted octanol–water partition coefficient (Wildman–Crippen LogP) is 2.80. The molecule has 1 aliphatic heterocycles. The molecule has 2 aliphatic rings. The fraction of sp³-hybridized carbons (Fsp3) is 0.938. The van der Waals surface area contributed by atoms with E-state index >= 15 is 0 Å². The predicted molar refractivity (Wildman–Crippen MR) is 79.0 cm³/mol. The van der Waals surface area contributed by atoms with Crippen molar-refractivity contribution in [2.75, 3.05) is 13.1 Å². The third kappa shape index (κ3) is 4.20. The minimum atomic E-state index is -0.0133. The van der Waals surface area contributed by atoms with Crippen molar-refractivity contribution in [2.24, 2.45) is 11.8 Å². The summed E-state index contributed by atoms with van der Waals surface area (Å²) < 4.78 is 0. The van der Waals surface area contributed by atoms with Crippen LogP contribution in [0.25, 0.3) is 0 Å². The summed E-state index contributed by atoms with van der Waals surface area (Å²) in [6.45, 7) is 8.63. The fourth-order valence-electron chi connectivity index (χ4n) is 3.90. The maximum atomic E-state index is 12.4. The second-order valence-electron chi connectivity index (χ2n) is 6.89. The zero-order valence-electron chi connectivity index (χ0n) is 12.8. The summed E-state index contributed by atoms with van der Waals surface area (Å²) >= 11 is 0. The molecule has 2 fully saturated rings. The molecule has 1 saturated carbocycles. The Labute approximate surface area is 118 Å². The molecule has 2 rings (SSSR count). The van der Waals surface area contributed by atoms with Crippen molar-refractivity contribution < 1.29 is 4.79 Å². The lowest BCUT2D eigenvalue weighted by Crippen LogP contribution is -2.51. The third-order valence-electron chi connectivity index (χ3n) is 4.70. The van der Waals surface area contributed by atoms with Crippen molar-refractivity contribution >= 4 is 5.91 Å². The Morgan fingerprint density at radius 3 is 2.21 bits per heavy atom. The van der Waals surface area contributed by atoms with E-state index in [4.69, 9.17) is 0 Å². The van der Waals surface area contributed by atoms with E-state index in [1.165, 1.54) is 38.5 Å². The lowest BCUT2D eigenvalue weighted by Gasteiger charge is -2.35. The zero-order chi connectivity index (χ0) is 13.8. The van der Waals surface area contributed by atoms with Gasteiger partial charge in [0, 0.05) is 19.1 Å². The molecule has 1 heterocycles. The van der Waals surface area contributed by atoms with E-state index in [9.17, 15) is 4.79 Å². The minimum absolute atomic E-state index is 0.0133. The van der Waals surface area contributed by atoms with Gasteiger partial charge in [0.2, 0.25) is 5.91 Å². The normalized spacial score (nSPS) is 34.1. The van der Waals surface area contributed by atoms with Gasteiger partial charge in [-0.1, -0.05) is 13.8 Å². The van der Waals surface area contributed by atoms with Crippen molar-refractivity contribution in [3.8, 4) is 0 Å². The molecule has 0 radical (unpaired) electrons. The first kappa shape index (κ1) is 14.8. The number of nitrogens with zero attached hydrogens (tertiary/aromatic N) is 1. The van der Waals surface area contributed by atoms with Gasteiger partial charge in [-0.3, -0.25) is 4.79 Å². The first-order valence-electron chi connectivity index (χ1n) is 8.11. The number of rotatable bonds is 3. The highest BCUT2D eigenvalue weighted by Gasteiger charge is 2.28. The quantitative estimate of drug-likeness (QED) is 0.852. The monoisotopic (exact) mass is 266 g/mol. The van der Waals surface area contributed by atoms with Crippen molar-refractivity contribution in [3.63, 3.8) is 0 Å². The van der Waals surface area contributed by atoms with Crippen LogP contribution >= 0.6 is 0 Å². The number of hydrogen-bond acceptors (Lipinski definition) is 2. The minimum Gasteiger partial charge on any atom is -0.341 e. The summed E-state index contributed by atoms with van der Waals surface area (Å²) in [7, 11) is 0. The molecule has 110 valence electrons. The molecule has 1 amide bonds. The summed E-state index contributed by atoms with van der Waals surface area (Å²) in [4.78, 5) is 14.5. The Balaban J connectivity index is 1.82. The highest BCUT2D eigenvalue weighted by atomic mass is 16.2. The Kier molecular flexibility index (Phi) is 5.26. The van der Waals surface area contributed by atoms with Gasteiger partial charge >= 0.3 is 0 Å². The van der Waals surface area contributed by atoms with E-state index < -0.39 is 0 Å². The smallest absolute Gasteiger partial charge is 0.239 e. The second kappa shape index (κ2) is 6.74. The van der Waals surface area contributed by atoms with E-state index in [2.05, 4.69) is 24.1 Å². The van der Waals surface area contributed by atoms with Gasteiger partial charge in [-0.2, -0.15) is 0 Å². The van der Waals surface area contributed by atoms with Crippen LogP contribution in [-0.2, 0) is 4.79 Å². The SMILES string of the molecule is CC1CC(C)CC(NC(C)C(=O)N2CCCCC2)C1. The first-order valence-corrected chi connectivity index (χ1v) is 8.11. The van der Waals surface area contributed by atoms with Gasteiger partial charge in [0.05, 0.1) is 6.04 Å². The Hall–Kier alpha value is -0.570. The van der Waals surface area contributed by atoms with Crippen LogP contribution in [0.15, 0.2) is 0 Å². The molecule has 19 heavy (non-hydrogen) atoms. The number of amides is 1. The maximum absolute atomic E-state index is 12.4. The van der Waals surface area contributed by atoms with Crippen LogP contribution in [0.1, 0.15) is 59.3 Å². The van der Waals surface area contributed by atoms with Crippen molar-refractivity contribution in [3.05, 3.63) is 0 Å². The van der Waals surface area contributed by atoms with Crippen molar-refractivity contribution in [1.29, 1.82) is 0 Å². The van der Waals surface area contributed by atoms with Gasteiger partial charge in [0.1, 0.15) is 0 Å². The molecule has 0 spiro atoms. The van der Waals surface area contributed by atoms with Gasteiger partial charge in [0.25, 0.3) is 0 Å². The van der Waals surface area contributed by atoms with Crippen LogP contribution in [0, 0.1) is 11.8 Å². The molecule has 3 unspecified atom stereocenters. The van der Waals surface area contributed by atoms with E-state index in [0.29, 0.717) is 11.9 Å². The van der Waals surface area contributed by atoms with Crippen LogP contribution < -0.4 is 5.32 Å². The number of carbonyl (C=O) groups excluding carboxylic acids is 1. The molecule has 3 atom stereocenters. The summed E-state index contributed by atoms with van der Waals surface area (Å²) in [5.41, 5.74) is 0. The lowest BCUT2D eigenvalue weighted by atomic mass is 9.80. The Bertz CT molecular complexity index is 289. The van der Waals surface area contributed by atoms with Crippen LogP contribution in [0.2, 0.25) is 0 Å². The Morgan fingerprint density at radius 1 is 1.05 bits per heavy atom. The molecule has 1 N–H and O–H groups in total. The topological polar surface area (TPSA) is 32.3 Å². The number of nitrogens with one attached hydrogen (secondary N) is 1. The molecular formula is C16H30N2O. The van der Waals surface area contributed by atoms with E-state index in [0.717, 1.165) is 24.9 Å². The third-order valence-corrected chi connectivity index (χ3v) is 4.70. The van der Waals surface area contributed by atoms with Gasteiger partial charge in [-0.05, 0) is 57.3 Å². The highest BCUT2D eigenvalue weighted by Crippen LogP contribution is 2.28. The number of hydrogen-bond donors (Lipinski definition) is 1. The summed E-state index contributed by atoms with van der Waals surface area (Å²) in [5.74, 6) is 1.89. The lowest BCUT2D eigenvalue weighted by molar-refractivity contribution is -0.134. The van der Waals surface area contributed by atoms with Gasteiger partial charge < -0.3 is 10.2 Å². The molecular weight excluding hydrogens is 236 g/mol. The summed E-state index contributed by atoms with van der Waals surface area (Å²) in [6.07, 6.45) is 7.42. The second-order valence-corrected chi connectivity index (χ2v) is 6.89.